The van der Waals surface area contributed by atoms with Gasteiger partial charge in [-0.2, -0.15) is 0 Å². The number of benzene rings is 1. The van der Waals surface area contributed by atoms with Crippen LogP contribution in [0.3, 0.4) is 0 Å². The van der Waals surface area contributed by atoms with Gasteiger partial charge in [-0.1, -0.05) is 52.2 Å². The summed E-state index contributed by atoms with van der Waals surface area (Å²) in [4.78, 5) is 0. The minimum absolute atomic E-state index is 0.544. The van der Waals surface area contributed by atoms with Gasteiger partial charge in [-0.15, -0.1) is 11.6 Å². The lowest BCUT2D eigenvalue weighted by molar-refractivity contribution is 0.275. The van der Waals surface area contributed by atoms with Gasteiger partial charge in [-0.05, 0) is 36.0 Å². The monoisotopic (exact) mass is 282 g/mol. The first-order valence-corrected chi connectivity index (χ1v) is 7.93. The molecule has 1 rings (SSSR count). The van der Waals surface area contributed by atoms with Crippen LogP contribution in [-0.4, -0.2) is 6.61 Å². The van der Waals surface area contributed by atoms with Crippen LogP contribution in [0.2, 0.25) is 0 Å². The summed E-state index contributed by atoms with van der Waals surface area (Å²) in [5.74, 6) is 3.05. The van der Waals surface area contributed by atoms with Gasteiger partial charge in [0.25, 0.3) is 0 Å². The van der Waals surface area contributed by atoms with E-state index in [-0.39, 0.29) is 0 Å². The summed E-state index contributed by atoms with van der Waals surface area (Å²) in [6.45, 7) is 7.70. The first-order valence-electron chi connectivity index (χ1n) is 7.39. The van der Waals surface area contributed by atoms with Crippen molar-refractivity contribution in [2.75, 3.05) is 6.61 Å². The minimum Gasteiger partial charge on any atom is -0.494 e. The Morgan fingerprint density at radius 3 is 2.58 bits per heavy atom. The minimum atomic E-state index is 0.544. The van der Waals surface area contributed by atoms with Crippen molar-refractivity contribution in [3.63, 3.8) is 0 Å². The molecular formula is C17H27ClO. The number of hydrogen-bond acceptors (Lipinski definition) is 1. The summed E-state index contributed by atoms with van der Waals surface area (Å²) in [6.07, 6.45) is 5.11. The number of rotatable bonds is 9. The molecule has 1 aromatic carbocycles. The third-order valence-corrected chi connectivity index (χ3v) is 3.72. The van der Waals surface area contributed by atoms with E-state index in [1.807, 2.05) is 24.3 Å². The Balaban J connectivity index is 2.18. The molecule has 0 aliphatic carbocycles. The van der Waals surface area contributed by atoms with Crippen LogP contribution in [0.5, 0.6) is 5.75 Å². The lowest BCUT2D eigenvalue weighted by Crippen LogP contribution is -2.05. The van der Waals surface area contributed by atoms with Crippen LogP contribution in [0.1, 0.15) is 52.0 Å². The molecule has 0 fully saturated rings. The molecule has 0 radical (unpaired) electrons. The SMILES string of the molecule is CC(C)CCCC(C)CCOc1cccc(CCl)c1. The number of ether oxygens (including phenoxy) is 1. The van der Waals surface area contributed by atoms with Gasteiger partial charge in [0, 0.05) is 5.88 Å². The van der Waals surface area contributed by atoms with Gasteiger partial charge in [-0.3, -0.25) is 0 Å². The number of hydrogen-bond donors (Lipinski definition) is 0. The highest BCUT2D eigenvalue weighted by Crippen LogP contribution is 2.18. The van der Waals surface area contributed by atoms with E-state index in [0.29, 0.717) is 5.88 Å². The third-order valence-electron chi connectivity index (χ3n) is 3.41. The molecule has 0 N–H and O–H groups in total. The average Bonchev–Trinajstić information content (AvgIpc) is 2.38. The van der Waals surface area contributed by atoms with Gasteiger partial charge < -0.3 is 4.74 Å². The summed E-state index contributed by atoms with van der Waals surface area (Å²) in [7, 11) is 0. The highest BCUT2D eigenvalue weighted by Gasteiger charge is 2.04. The van der Waals surface area contributed by atoms with Gasteiger partial charge in [0.15, 0.2) is 0 Å². The molecule has 0 aliphatic heterocycles. The molecule has 1 unspecified atom stereocenters. The standard InChI is InChI=1S/C17H27ClO/c1-14(2)6-4-7-15(3)10-11-19-17-9-5-8-16(12-17)13-18/h5,8-9,12,14-15H,4,6-7,10-11,13H2,1-3H3. The van der Waals surface area contributed by atoms with E-state index in [2.05, 4.69) is 20.8 Å². The molecule has 1 aromatic rings. The Morgan fingerprint density at radius 1 is 1.11 bits per heavy atom. The van der Waals surface area contributed by atoms with Crippen molar-refractivity contribution in [3.8, 4) is 5.75 Å². The van der Waals surface area contributed by atoms with Crippen molar-refractivity contribution < 1.29 is 4.74 Å². The van der Waals surface area contributed by atoms with Gasteiger partial charge in [0.1, 0.15) is 5.75 Å². The van der Waals surface area contributed by atoms with Crippen LogP contribution in [-0.2, 0) is 5.88 Å². The Kier molecular flexibility index (Phi) is 7.97. The summed E-state index contributed by atoms with van der Waals surface area (Å²) >= 11 is 5.81. The Bertz CT molecular complexity index is 349. The summed E-state index contributed by atoms with van der Waals surface area (Å²) < 4.78 is 5.79. The van der Waals surface area contributed by atoms with Crippen molar-refractivity contribution in [2.24, 2.45) is 11.8 Å². The lowest BCUT2D eigenvalue weighted by Gasteiger charge is -2.13. The summed E-state index contributed by atoms with van der Waals surface area (Å²) in [5.41, 5.74) is 1.11. The van der Waals surface area contributed by atoms with Crippen LogP contribution in [0.4, 0.5) is 0 Å². The van der Waals surface area contributed by atoms with E-state index >= 15 is 0 Å². The fourth-order valence-electron chi connectivity index (χ4n) is 2.12. The van der Waals surface area contributed by atoms with E-state index in [1.165, 1.54) is 19.3 Å². The Hall–Kier alpha value is -0.690. The molecule has 0 saturated carbocycles. The first kappa shape index (κ1) is 16.4. The molecular weight excluding hydrogens is 256 g/mol. The van der Waals surface area contributed by atoms with Crippen LogP contribution in [0.25, 0.3) is 0 Å². The average molecular weight is 283 g/mol. The summed E-state index contributed by atoms with van der Waals surface area (Å²) in [5, 5.41) is 0. The zero-order valence-electron chi connectivity index (χ0n) is 12.5. The van der Waals surface area contributed by atoms with E-state index in [0.717, 1.165) is 36.2 Å². The van der Waals surface area contributed by atoms with Gasteiger partial charge in [0.05, 0.1) is 6.61 Å². The van der Waals surface area contributed by atoms with E-state index in [1.54, 1.807) is 0 Å². The van der Waals surface area contributed by atoms with E-state index in [4.69, 9.17) is 16.3 Å². The topological polar surface area (TPSA) is 9.23 Å². The Morgan fingerprint density at radius 2 is 1.89 bits per heavy atom. The Labute approximate surface area is 123 Å². The zero-order valence-corrected chi connectivity index (χ0v) is 13.2. The molecule has 1 atom stereocenters. The molecule has 0 amide bonds. The van der Waals surface area contributed by atoms with Crippen molar-refractivity contribution >= 4 is 11.6 Å². The maximum atomic E-state index is 5.81. The van der Waals surface area contributed by atoms with Gasteiger partial charge in [-0.25, -0.2) is 0 Å². The largest absolute Gasteiger partial charge is 0.494 e. The van der Waals surface area contributed by atoms with Crippen LogP contribution in [0.15, 0.2) is 24.3 Å². The molecule has 2 heteroatoms. The van der Waals surface area contributed by atoms with E-state index in [9.17, 15) is 0 Å². The molecule has 0 spiro atoms. The van der Waals surface area contributed by atoms with E-state index < -0.39 is 0 Å². The third kappa shape index (κ3) is 7.47. The van der Waals surface area contributed by atoms with Crippen molar-refractivity contribution in [3.05, 3.63) is 29.8 Å². The molecule has 0 aliphatic rings. The lowest BCUT2D eigenvalue weighted by atomic mass is 9.98. The number of alkyl halides is 1. The smallest absolute Gasteiger partial charge is 0.119 e. The van der Waals surface area contributed by atoms with Crippen molar-refractivity contribution in [1.82, 2.24) is 0 Å². The van der Waals surface area contributed by atoms with Crippen molar-refractivity contribution in [2.45, 2.75) is 52.3 Å². The molecule has 108 valence electrons. The molecule has 0 aromatic heterocycles. The maximum Gasteiger partial charge on any atom is 0.119 e. The molecule has 1 nitrogen and oxygen atoms in total. The second-order valence-electron chi connectivity index (χ2n) is 5.85. The predicted molar refractivity (Wildman–Crippen MR) is 84.0 cm³/mol. The normalized spacial score (nSPS) is 12.7. The predicted octanol–water partition coefficient (Wildman–Crippen LogP) is 5.66. The first-order chi connectivity index (χ1) is 9.11. The quantitative estimate of drug-likeness (QED) is 0.531. The second-order valence-corrected chi connectivity index (χ2v) is 6.12. The highest BCUT2D eigenvalue weighted by molar-refractivity contribution is 6.17. The molecule has 0 bridgehead atoms. The highest BCUT2D eigenvalue weighted by atomic mass is 35.5. The van der Waals surface area contributed by atoms with Gasteiger partial charge >= 0.3 is 0 Å². The van der Waals surface area contributed by atoms with Gasteiger partial charge in [0.2, 0.25) is 0 Å². The molecule has 19 heavy (non-hydrogen) atoms. The van der Waals surface area contributed by atoms with Crippen molar-refractivity contribution in [1.29, 1.82) is 0 Å². The fourth-order valence-corrected chi connectivity index (χ4v) is 2.28. The fraction of sp³-hybridized carbons (Fsp3) is 0.647. The molecule has 0 heterocycles. The number of halogens is 1. The maximum absolute atomic E-state index is 5.81. The second kappa shape index (κ2) is 9.25. The van der Waals surface area contributed by atoms with Crippen LogP contribution >= 0.6 is 11.6 Å². The zero-order chi connectivity index (χ0) is 14.1. The van der Waals surface area contributed by atoms with Crippen LogP contribution < -0.4 is 4.74 Å². The summed E-state index contributed by atoms with van der Waals surface area (Å²) in [6, 6.07) is 8.05. The molecule has 0 saturated heterocycles. The van der Waals surface area contributed by atoms with Crippen LogP contribution in [0, 0.1) is 11.8 Å².